The van der Waals surface area contributed by atoms with E-state index in [2.05, 4.69) is 26.6 Å². The van der Waals surface area contributed by atoms with Gasteiger partial charge in [0.15, 0.2) is 5.11 Å². The standard InChI is InChI=1S/C18H21ClN4S/c19-15-6-4-14(5-7-15)12-21-18(24)22-16-8-9-17(20-13-16)23-10-2-1-3-11-23/h4-9,13H,1-3,10-12H2,(H2,21,22,24). The van der Waals surface area contributed by atoms with Crippen molar-refractivity contribution in [3.63, 3.8) is 0 Å². The van der Waals surface area contributed by atoms with Crippen LogP contribution in [-0.2, 0) is 6.54 Å². The number of thiocarbonyl (C=S) groups is 1. The molecule has 0 aliphatic carbocycles. The van der Waals surface area contributed by atoms with Crippen molar-refractivity contribution in [3.8, 4) is 0 Å². The lowest BCUT2D eigenvalue weighted by Crippen LogP contribution is -2.30. The Balaban J connectivity index is 1.49. The number of hydrogen-bond acceptors (Lipinski definition) is 3. The Hall–Kier alpha value is -1.85. The molecule has 0 spiro atoms. The maximum Gasteiger partial charge on any atom is 0.171 e. The molecule has 2 aromatic rings. The van der Waals surface area contributed by atoms with E-state index >= 15 is 0 Å². The number of benzene rings is 1. The lowest BCUT2D eigenvalue weighted by Gasteiger charge is -2.27. The molecule has 1 aromatic heterocycles. The first-order valence-electron chi connectivity index (χ1n) is 8.21. The summed E-state index contributed by atoms with van der Waals surface area (Å²) in [7, 11) is 0. The minimum atomic E-state index is 0.581. The molecule has 0 radical (unpaired) electrons. The van der Waals surface area contributed by atoms with Crippen LogP contribution in [0.2, 0.25) is 5.02 Å². The first-order valence-corrected chi connectivity index (χ1v) is 9.00. The minimum absolute atomic E-state index is 0.581. The fourth-order valence-corrected chi connectivity index (χ4v) is 3.05. The molecule has 24 heavy (non-hydrogen) atoms. The molecule has 0 saturated carbocycles. The molecule has 6 heteroatoms. The predicted octanol–water partition coefficient (Wildman–Crippen LogP) is 4.21. The number of nitrogens with zero attached hydrogens (tertiary/aromatic N) is 2. The van der Waals surface area contributed by atoms with E-state index in [-0.39, 0.29) is 0 Å². The van der Waals surface area contributed by atoms with Gasteiger partial charge >= 0.3 is 0 Å². The van der Waals surface area contributed by atoms with Gasteiger partial charge in [-0.3, -0.25) is 0 Å². The highest BCUT2D eigenvalue weighted by Crippen LogP contribution is 2.18. The molecule has 0 bridgehead atoms. The second-order valence-electron chi connectivity index (χ2n) is 5.89. The highest BCUT2D eigenvalue weighted by atomic mass is 35.5. The number of rotatable bonds is 4. The largest absolute Gasteiger partial charge is 0.358 e. The highest BCUT2D eigenvalue weighted by molar-refractivity contribution is 7.80. The summed E-state index contributed by atoms with van der Waals surface area (Å²) in [6.07, 6.45) is 5.66. The Morgan fingerprint density at radius 2 is 1.83 bits per heavy atom. The Morgan fingerprint density at radius 1 is 1.08 bits per heavy atom. The summed E-state index contributed by atoms with van der Waals surface area (Å²) in [5.41, 5.74) is 2.02. The van der Waals surface area contributed by atoms with Gasteiger partial charge < -0.3 is 15.5 Å². The van der Waals surface area contributed by atoms with Crippen molar-refractivity contribution in [2.75, 3.05) is 23.3 Å². The predicted molar refractivity (Wildman–Crippen MR) is 105 cm³/mol. The van der Waals surface area contributed by atoms with Crippen LogP contribution in [0.5, 0.6) is 0 Å². The van der Waals surface area contributed by atoms with E-state index in [1.807, 2.05) is 36.5 Å². The number of aromatic nitrogens is 1. The molecule has 1 aromatic carbocycles. The highest BCUT2D eigenvalue weighted by Gasteiger charge is 2.11. The van der Waals surface area contributed by atoms with Gasteiger partial charge in [-0.15, -0.1) is 0 Å². The first kappa shape index (κ1) is 17.0. The average Bonchev–Trinajstić information content (AvgIpc) is 2.63. The molecule has 0 atom stereocenters. The van der Waals surface area contributed by atoms with Crippen molar-refractivity contribution in [1.29, 1.82) is 0 Å². The summed E-state index contributed by atoms with van der Waals surface area (Å²) >= 11 is 11.2. The van der Waals surface area contributed by atoms with Gasteiger partial charge in [0, 0.05) is 24.7 Å². The van der Waals surface area contributed by atoms with Crippen LogP contribution >= 0.6 is 23.8 Å². The summed E-state index contributed by atoms with van der Waals surface area (Å²) < 4.78 is 0. The van der Waals surface area contributed by atoms with E-state index in [0.717, 1.165) is 35.2 Å². The fraction of sp³-hybridized carbons (Fsp3) is 0.333. The SMILES string of the molecule is S=C(NCc1ccc(Cl)cc1)Nc1ccc(N2CCCCC2)nc1. The lowest BCUT2D eigenvalue weighted by atomic mass is 10.1. The van der Waals surface area contributed by atoms with Crippen LogP contribution < -0.4 is 15.5 Å². The molecule has 1 aliphatic heterocycles. The van der Waals surface area contributed by atoms with Crippen molar-refractivity contribution < 1.29 is 0 Å². The van der Waals surface area contributed by atoms with Gasteiger partial charge in [-0.1, -0.05) is 23.7 Å². The fourth-order valence-electron chi connectivity index (χ4n) is 2.73. The number of pyridine rings is 1. The first-order chi connectivity index (χ1) is 11.7. The zero-order valence-corrected chi connectivity index (χ0v) is 15.0. The second-order valence-corrected chi connectivity index (χ2v) is 6.73. The Morgan fingerprint density at radius 3 is 2.50 bits per heavy atom. The maximum absolute atomic E-state index is 5.88. The topological polar surface area (TPSA) is 40.2 Å². The van der Waals surface area contributed by atoms with E-state index in [9.17, 15) is 0 Å². The van der Waals surface area contributed by atoms with E-state index in [4.69, 9.17) is 23.8 Å². The number of nitrogens with one attached hydrogen (secondary N) is 2. The Kier molecular flexibility index (Phi) is 5.88. The van der Waals surface area contributed by atoms with E-state index in [0.29, 0.717) is 11.7 Å². The monoisotopic (exact) mass is 360 g/mol. The van der Waals surface area contributed by atoms with Crippen LogP contribution in [-0.4, -0.2) is 23.2 Å². The summed E-state index contributed by atoms with van der Waals surface area (Å²) in [4.78, 5) is 6.88. The second kappa shape index (κ2) is 8.31. The van der Waals surface area contributed by atoms with Gasteiger partial charge in [0.05, 0.1) is 11.9 Å². The van der Waals surface area contributed by atoms with Gasteiger partial charge in [0.25, 0.3) is 0 Å². The maximum atomic E-state index is 5.88. The van der Waals surface area contributed by atoms with Gasteiger partial charge in [0.1, 0.15) is 5.82 Å². The van der Waals surface area contributed by atoms with Crippen LogP contribution in [0.4, 0.5) is 11.5 Å². The molecule has 2 heterocycles. The number of piperidine rings is 1. The zero-order chi connectivity index (χ0) is 16.8. The molecule has 1 aliphatic rings. The third kappa shape index (κ3) is 4.82. The molecule has 1 saturated heterocycles. The Bertz CT molecular complexity index is 666. The van der Waals surface area contributed by atoms with Gasteiger partial charge in [0.2, 0.25) is 0 Å². The average molecular weight is 361 g/mol. The zero-order valence-electron chi connectivity index (χ0n) is 13.5. The molecule has 4 nitrogen and oxygen atoms in total. The van der Waals surface area contributed by atoms with Crippen molar-refractivity contribution in [2.45, 2.75) is 25.8 Å². The van der Waals surface area contributed by atoms with Gasteiger partial charge in [-0.2, -0.15) is 0 Å². The minimum Gasteiger partial charge on any atom is -0.358 e. The van der Waals surface area contributed by atoms with Crippen LogP contribution in [0.1, 0.15) is 24.8 Å². The van der Waals surface area contributed by atoms with Crippen LogP contribution in [0.25, 0.3) is 0 Å². The molecule has 0 amide bonds. The lowest BCUT2D eigenvalue weighted by molar-refractivity contribution is 0.573. The summed E-state index contributed by atoms with van der Waals surface area (Å²) in [5, 5.41) is 7.67. The van der Waals surface area contributed by atoms with Crippen LogP contribution in [0, 0.1) is 0 Å². The summed E-state index contributed by atoms with van der Waals surface area (Å²) in [5.74, 6) is 1.04. The van der Waals surface area contributed by atoms with Gasteiger partial charge in [-0.25, -0.2) is 4.98 Å². The molecule has 0 unspecified atom stereocenters. The molecular formula is C18H21ClN4S. The van der Waals surface area contributed by atoms with Crippen LogP contribution in [0.15, 0.2) is 42.6 Å². The van der Waals surface area contributed by atoms with Crippen molar-refractivity contribution in [1.82, 2.24) is 10.3 Å². The molecular weight excluding hydrogens is 340 g/mol. The van der Waals surface area contributed by atoms with Crippen molar-refractivity contribution in [2.24, 2.45) is 0 Å². The van der Waals surface area contributed by atoms with E-state index in [1.165, 1.54) is 19.3 Å². The Labute approximate surface area is 153 Å². The summed E-state index contributed by atoms with van der Waals surface area (Å²) in [6.45, 7) is 2.85. The van der Waals surface area contributed by atoms with Crippen molar-refractivity contribution >= 4 is 40.4 Å². The molecule has 126 valence electrons. The summed E-state index contributed by atoms with van der Waals surface area (Å²) in [6, 6.07) is 11.8. The number of halogens is 1. The smallest absolute Gasteiger partial charge is 0.171 e. The van der Waals surface area contributed by atoms with E-state index in [1.54, 1.807) is 0 Å². The third-order valence-corrected chi connectivity index (χ3v) is 4.55. The number of anilines is 2. The quantitative estimate of drug-likeness (QED) is 0.799. The van der Waals surface area contributed by atoms with E-state index < -0.39 is 0 Å². The third-order valence-electron chi connectivity index (χ3n) is 4.05. The molecule has 2 N–H and O–H groups in total. The normalized spacial score (nSPS) is 14.3. The molecule has 3 rings (SSSR count). The molecule has 1 fully saturated rings. The van der Waals surface area contributed by atoms with Gasteiger partial charge in [-0.05, 0) is 61.3 Å². The van der Waals surface area contributed by atoms with Crippen molar-refractivity contribution in [3.05, 3.63) is 53.2 Å². The number of hydrogen-bond donors (Lipinski definition) is 2. The van der Waals surface area contributed by atoms with Crippen LogP contribution in [0.3, 0.4) is 0 Å².